The monoisotopic (exact) mass is 189 g/mol. The molecule has 0 aliphatic rings. The SMILES string of the molecule is [CH]CC(=O)c1ccccc1NC(C)=O. The largest absolute Gasteiger partial charge is 0.326 e. The number of anilines is 1. The number of carbonyl (C=O) groups excluding carboxylic acids is 2. The molecule has 1 amide bonds. The first-order valence-electron chi connectivity index (χ1n) is 4.25. The number of ketones is 1. The molecule has 0 saturated carbocycles. The van der Waals surface area contributed by atoms with Crippen LogP contribution >= 0.6 is 0 Å². The van der Waals surface area contributed by atoms with Gasteiger partial charge in [-0.05, 0) is 19.1 Å². The second-order valence-electron chi connectivity index (χ2n) is 2.85. The zero-order valence-electron chi connectivity index (χ0n) is 7.91. The van der Waals surface area contributed by atoms with Crippen LogP contribution in [0.25, 0.3) is 0 Å². The highest BCUT2D eigenvalue weighted by Crippen LogP contribution is 2.16. The predicted molar refractivity (Wildman–Crippen MR) is 54.0 cm³/mol. The lowest BCUT2D eigenvalue weighted by atomic mass is 10.1. The maximum atomic E-state index is 11.3. The van der Waals surface area contributed by atoms with E-state index in [2.05, 4.69) is 5.32 Å². The van der Waals surface area contributed by atoms with Gasteiger partial charge in [-0.15, -0.1) is 0 Å². The van der Waals surface area contributed by atoms with E-state index in [1.807, 2.05) is 0 Å². The summed E-state index contributed by atoms with van der Waals surface area (Å²) in [6, 6.07) is 6.79. The smallest absolute Gasteiger partial charge is 0.221 e. The van der Waals surface area contributed by atoms with E-state index in [1.165, 1.54) is 6.92 Å². The number of amides is 1. The van der Waals surface area contributed by atoms with Crippen molar-refractivity contribution in [1.82, 2.24) is 0 Å². The van der Waals surface area contributed by atoms with E-state index in [4.69, 9.17) is 6.92 Å². The van der Waals surface area contributed by atoms with Crippen LogP contribution in [0.5, 0.6) is 0 Å². The first-order chi connectivity index (χ1) is 6.65. The molecular formula is C11H11NO2. The Labute approximate surface area is 83.1 Å². The fraction of sp³-hybridized carbons (Fsp3) is 0.182. The van der Waals surface area contributed by atoms with Crippen molar-refractivity contribution in [2.24, 2.45) is 0 Å². The molecule has 1 aromatic rings. The molecule has 2 radical (unpaired) electrons. The van der Waals surface area contributed by atoms with Crippen LogP contribution in [0.2, 0.25) is 0 Å². The zero-order valence-corrected chi connectivity index (χ0v) is 7.91. The van der Waals surface area contributed by atoms with Gasteiger partial charge in [-0.1, -0.05) is 12.1 Å². The standard InChI is InChI=1S/C11H11NO2/c1-3-11(14)9-6-4-5-7-10(9)12-8(2)13/h1,4-7H,3H2,2H3,(H,12,13). The lowest BCUT2D eigenvalue weighted by Crippen LogP contribution is -2.10. The molecule has 3 nitrogen and oxygen atoms in total. The molecule has 1 aromatic carbocycles. The Morgan fingerprint density at radius 2 is 2.00 bits per heavy atom. The van der Waals surface area contributed by atoms with E-state index in [0.717, 1.165) is 0 Å². The normalized spacial score (nSPS) is 9.57. The number of rotatable bonds is 3. The summed E-state index contributed by atoms with van der Waals surface area (Å²) in [4.78, 5) is 22.2. The summed E-state index contributed by atoms with van der Waals surface area (Å²) in [5, 5.41) is 2.57. The summed E-state index contributed by atoms with van der Waals surface area (Å²) in [5.41, 5.74) is 0.959. The molecular weight excluding hydrogens is 178 g/mol. The van der Waals surface area contributed by atoms with Crippen LogP contribution in [0.3, 0.4) is 0 Å². The van der Waals surface area contributed by atoms with Crippen molar-refractivity contribution in [3.8, 4) is 0 Å². The zero-order chi connectivity index (χ0) is 10.6. The molecule has 3 heteroatoms. The van der Waals surface area contributed by atoms with Crippen LogP contribution in [0.4, 0.5) is 5.69 Å². The van der Waals surface area contributed by atoms with Crippen LogP contribution < -0.4 is 5.32 Å². The van der Waals surface area contributed by atoms with Gasteiger partial charge in [0.25, 0.3) is 0 Å². The van der Waals surface area contributed by atoms with Gasteiger partial charge in [-0.2, -0.15) is 0 Å². The van der Waals surface area contributed by atoms with Crippen molar-refractivity contribution >= 4 is 17.4 Å². The Balaban J connectivity index is 3.02. The fourth-order valence-electron chi connectivity index (χ4n) is 1.13. The summed E-state index contributed by atoms with van der Waals surface area (Å²) in [6.07, 6.45) is -0.0589. The minimum absolute atomic E-state index is 0.0589. The number of nitrogens with one attached hydrogen (secondary N) is 1. The fourth-order valence-corrected chi connectivity index (χ4v) is 1.13. The second kappa shape index (κ2) is 4.56. The Hall–Kier alpha value is -1.64. The lowest BCUT2D eigenvalue weighted by molar-refractivity contribution is -0.114. The Morgan fingerprint density at radius 1 is 1.36 bits per heavy atom. The summed E-state index contributed by atoms with van der Waals surface area (Å²) < 4.78 is 0. The molecule has 1 N–H and O–H groups in total. The van der Waals surface area contributed by atoms with Crippen LogP contribution in [-0.2, 0) is 4.79 Å². The van der Waals surface area contributed by atoms with Gasteiger partial charge in [-0.25, -0.2) is 0 Å². The van der Waals surface area contributed by atoms with Crippen LogP contribution in [0.1, 0.15) is 23.7 Å². The van der Waals surface area contributed by atoms with Gasteiger partial charge in [0.1, 0.15) is 0 Å². The van der Waals surface area contributed by atoms with E-state index < -0.39 is 0 Å². The highest BCUT2D eigenvalue weighted by atomic mass is 16.1. The molecule has 0 heterocycles. The molecule has 0 aliphatic heterocycles. The van der Waals surface area contributed by atoms with Crippen molar-refractivity contribution in [2.45, 2.75) is 13.3 Å². The first kappa shape index (κ1) is 10.4. The van der Waals surface area contributed by atoms with Gasteiger partial charge in [0.2, 0.25) is 5.91 Å². The minimum Gasteiger partial charge on any atom is -0.326 e. The number of hydrogen-bond donors (Lipinski definition) is 1. The maximum Gasteiger partial charge on any atom is 0.221 e. The average Bonchev–Trinajstić information content (AvgIpc) is 2.16. The van der Waals surface area contributed by atoms with Crippen molar-refractivity contribution in [3.05, 3.63) is 36.8 Å². The van der Waals surface area contributed by atoms with Crippen molar-refractivity contribution in [2.75, 3.05) is 5.32 Å². The molecule has 0 unspecified atom stereocenters. The molecule has 0 aromatic heterocycles. The number of hydrogen-bond acceptors (Lipinski definition) is 2. The van der Waals surface area contributed by atoms with E-state index in [9.17, 15) is 9.59 Å². The quantitative estimate of drug-likeness (QED) is 0.738. The topological polar surface area (TPSA) is 46.2 Å². The number of para-hydroxylation sites is 1. The average molecular weight is 189 g/mol. The summed E-state index contributed by atoms with van der Waals surface area (Å²) in [7, 11) is 0. The summed E-state index contributed by atoms with van der Waals surface area (Å²) in [5.74, 6) is -0.392. The maximum absolute atomic E-state index is 11.3. The van der Waals surface area contributed by atoms with Crippen LogP contribution in [0, 0.1) is 6.92 Å². The molecule has 0 saturated heterocycles. The highest BCUT2D eigenvalue weighted by Gasteiger charge is 2.08. The highest BCUT2D eigenvalue weighted by molar-refractivity contribution is 6.04. The van der Waals surface area contributed by atoms with E-state index in [-0.39, 0.29) is 18.1 Å². The number of carbonyl (C=O) groups is 2. The lowest BCUT2D eigenvalue weighted by Gasteiger charge is -2.07. The molecule has 1 rings (SSSR count). The first-order valence-corrected chi connectivity index (χ1v) is 4.25. The third-order valence-electron chi connectivity index (χ3n) is 1.72. The molecule has 0 spiro atoms. The molecule has 0 aliphatic carbocycles. The van der Waals surface area contributed by atoms with Crippen molar-refractivity contribution < 1.29 is 9.59 Å². The number of Topliss-reactive ketones (excluding diaryl/α,β-unsaturated/α-hetero) is 1. The van der Waals surface area contributed by atoms with Crippen LogP contribution in [0.15, 0.2) is 24.3 Å². The van der Waals surface area contributed by atoms with Crippen LogP contribution in [-0.4, -0.2) is 11.7 Å². The van der Waals surface area contributed by atoms with Crippen molar-refractivity contribution in [1.29, 1.82) is 0 Å². The molecule has 0 fully saturated rings. The molecule has 0 bridgehead atoms. The predicted octanol–water partition coefficient (Wildman–Crippen LogP) is 1.93. The minimum atomic E-state index is -0.206. The second-order valence-corrected chi connectivity index (χ2v) is 2.85. The Kier molecular flexibility index (Phi) is 3.40. The van der Waals surface area contributed by atoms with Crippen molar-refractivity contribution in [3.63, 3.8) is 0 Å². The van der Waals surface area contributed by atoms with Gasteiger partial charge < -0.3 is 5.32 Å². The van der Waals surface area contributed by atoms with Gasteiger partial charge >= 0.3 is 0 Å². The van der Waals surface area contributed by atoms with E-state index in [0.29, 0.717) is 11.3 Å². The molecule has 0 atom stereocenters. The Bertz CT molecular complexity index is 358. The third-order valence-corrected chi connectivity index (χ3v) is 1.72. The molecule has 72 valence electrons. The summed E-state index contributed by atoms with van der Waals surface area (Å²) in [6.45, 7) is 6.63. The summed E-state index contributed by atoms with van der Waals surface area (Å²) >= 11 is 0. The third kappa shape index (κ3) is 2.42. The molecule has 14 heavy (non-hydrogen) atoms. The van der Waals surface area contributed by atoms with E-state index >= 15 is 0 Å². The van der Waals surface area contributed by atoms with Gasteiger partial charge in [0, 0.05) is 18.9 Å². The number of benzene rings is 1. The van der Waals surface area contributed by atoms with E-state index in [1.54, 1.807) is 24.3 Å². The van der Waals surface area contributed by atoms with Gasteiger partial charge in [-0.3, -0.25) is 9.59 Å². The van der Waals surface area contributed by atoms with Gasteiger partial charge in [0.15, 0.2) is 5.78 Å². The Morgan fingerprint density at radius 3 is 2.57 bits per heavy atom. The van der Waals surface area contributed by atoms with Gasteiger partial charge in [0.05, 0.1) is 5.69 Å².